The van der Waals surface area contributed by atoms with Crippen molar-refractivity contribution < 1.29 is 14.3 Å². The number of ketones is 1. The highest BCUT2D eigenvalue weighted by atomic mass is 16.5. The van der Waals surface area contributed by atoms with Crippen LogP contribution in [0.5, 0.6) is 11.5 Å². The zero-order valence-electron chi connectivity index (χ0n) is 16.5. The summed E-state index contributed by atoms with van der Waals surface area (Å²) in [6, 6.07) is 12.2. The molecule has 2 aromatic rings. The van der Waals surface area contributed by atoms with Crippen molar-refractivity contribution in [3.63, 3.8) is 0 Å². The van der Waals surface area contributed by atoms with Crippen LogP contribution >= 0.6 is 0 Å². The molecule has 1 saturated heterocycles. The molecule has 4 nitrogen and oxygen atoms in total. The number of Topliss-reactive ketones (excluding diaryl/α,β-unsaturated/α-hetero) is 1. The van der Waals surface area contributed by atoms with E-state index in [0.717, 1.165) is 17.7 Å². The van der Waals surface area contributed by atoms with Crippen LogP contribution in [0.1, 0.15) is 28.7 Å². The van der Waals surface area contributed by atoms with E-state index in [1.54, 1.807) is 7.11 Å². The fraction of sp³-hybridized carbons (Fsp3) is 0.348. The number of ether oxygens (including phenoxy) is 2. The Morgan fingerprint density at radius 1 is 1.11 bits per heavy atom. The Kier molecular flexibility index (Phi) is 5.97. The van der Waals surface area contributed by atoms with E-state index in [9.17, 15) is 4.79 Å². The summed E-state index contributed by atoms with van der Waals surface area (Å²) in [5.74, 6) is 1.60. The van der Waals surface area contributed by atoms with E-state index in [2.05, 4.69) is 36.9 Å². The molecular formula is C23H27NO3. The molecule has 1 aliphatic heterocycles. The van der Waals surface area contributed by atoms with Crippen LogP contribution in [0.2, 0.25) is 0 Å². The fourth-order valence-electron chi connectivity index (χ4n) is 3.24. The molecule has 0 atom stereocenters. The molecule has 0 aromatic heterocycles. The second kappa shape index (κ2) is 8.40. The van der Waals surface area contributed by atoms with Crippen molar-refractivity contribution in [3.05, 3.63) is 64.2 Å². The molecule has 0 spiro atoms. The van der Waals surface area contributed by atoms with Gasteiger partial charge in [-0.15, -0.1) is 0 Å². The largest absolute Gasteiger partial charge is 0.493 e. The number of piperidine rings is 1. The first-order chi connectivity index (χ1) is 13.0. The third kappa shape index (κ3) is 4.77. The van der Waals surface area contributed by atoms with Crippen molar-refractivity contribution in [1.82, 2.24) is 4.90 Å². The topological polar surface area (TPSA) is 38.8 Å². The van der Waals surface area contributed by atoms with Crippen LogP contribution in [0.25, 0.3) is 6.08 Å². The Labute approximate surface area is 161 Å². The van der Waals surface area contributed by atoms with Gasteiger partial charge in [-0.3, -0.25) is 4.79 Å². The standard InChI is InChI=1S/C23H27NO3/c1-16-5-6-17(2)20(11-16)15-27-22-8-7-18(13-23(22)26-4)12-19-14-24(3)10-9-21(19)25/h5-8,11-13H,9-10,14-15H2,1-4H3/b19-12+. The highest BCUT2D eigenvalue weighted by Gasteiger charge is 2.18. The molecule has 27 heavy (non-hydrogen) atoms. The Bertz CT molecular complexity index is 870. The lowest BCUT2D eigenvalue weighted by atomic mass is 10.0. The molecule has 4 heteroatoms. The number of methoxy groups -OCH3 is 1. The van der Waals surface area contributed by atoms with Crippen LogP contribution in [-0.2, 0) is 11.4 Å². The predicted octanol–water partition coefficient (Wildman–Crippen LogP) is 4.18. The molecule has 2 aromatic carbocycles. The molecule has 0 amide bonds. The summed E-state index contributed by atoms with van der Waals surface area (Å²) in [5.41, 5.74) is 5.38. The first kappa shape index (κ1) is 19.2. The van der Waals surface area contributed by atoms with Gasteiger partial charge in [0.25, 0.3) is 0 Å². The van der Waals surface area contributed by atoms with Gasteiger partial charge in [0.15, 0.2) is 17.3 Å². The lowest BCUT2D eigenvalue weighted by molar-refractivity contribution is -0.117. The average Bonchev–Trinajstić information content (AvgIpc) is 2.66. The molecule has 3 rings (SSSR count). The zero-order chi connectivity index (χ0) is 19.4. The van der Waals surface area contributed by atoms with Crippen LogP contribution in [-0.4, -0.2) is 37.9 Å². The number of aryl methyl sites for hydroxylation is 2. The maximum atomic E-state index is 12.1. The van der Waals surface area contributed by atoms with Gasteiger partial charge in [-0.05, 0) is 55.8 Å². The molecular weight excluding hydrogens is 338 g/mol. The Morgan fingerprint density at radius 2 is 1.93 bits per heavy atom. The highest BCUT2D eigenvalue weighted by Crippen LogP contribution is 2.30. The van der Waals surface area contributed by atoms with Crippen molar-refractivity contribution in [1.29, 1.82) is 0 Å². The zero-order valence-corrected chi connectivity index (χ0v) is 16.5. The summed E-state index contributed by atoms with van der Waals surface area (Å²) in [4.78, 5) is 14.3. The maximum absolute atomic E-state index is 12.1. The Balaban J connectivity index is 1.78. The molecule has 0 aliphatic carbocycles. The van der Waals surface area contributed by atoms with Gasteiger partial charge in [0, 0.05) is 25.1 Å². The van der Waals surface area contributed by atoms with Crippen LogP contribution in [0.15, 0.2) is 42.0 Å². The number of likely N-dealkylation sites (N-methyl/N-ethyl adjacent to an activating group) is 1. The summed E-state index contributed by atoms with van der Waals surface area (Å²) < 4.78 is 11.5. The third-order valence-corrected chi connectivity index (χ3v) is 4.94. The number of benzene rings is 2. The Morgan fingerprint density at radius 3 is 2.70 bits per heavy atom. The van der Waals surface area contributed by atoms with E-state index in [4.69, 9.17) is 9.47 Å². The van der Waals surface area contributed by atoms with Crippen LogP contribution in [0, 0.1) is 13.8 Å². The molecule has 0 saturated carbocycles. The number of nitrogens with zero attached hydrogens (tertiary/aromatic N) is 1. The summed E-state index contributed by atoms with van der Waals surface area (Å²) in [5, 5.41) is 0. The summed E-state index contributed by atoms with van der Waals surface area (Å²) in [7, 11) is 3.67. The molecule has 0 N–H and O–H groups in total. The monoisotopic (exact) mass is 365 g/mol. The first-order valence-electron chi connectivity index (χ1n) is 9.25. The molecule has 1 fully saturated rings. The van der Waals surface area contributed by atoms with Gasteiger partial charge < -0.3 is 14.4 Å². The highest BCUT2D eigenvalue weighted by molar-refractivity contribution is 6.00. The minimum atomic E-state index is 0.224. The smallest absolute Gasteiger partial charge is 0.161 e. The van der Waals surface area contributed by atoms with Crippen molar-refractivity contribution in [2.45, 2.75) is 26.9 Å². The summed E-state index contributed by atoms with van der Waals surface area (Å²) in [6.45, 7) is 6.17. The van der Waals surface area contributed by atoms with Gasteiger partial charge in [0.05, 0.1) is 7.11 Å². The summed E-state index contributed by atoms with van der Waals surface area (Å²) in [6.07, 6.45) is 2.53. The SMILES string of the molecule is COc1cc(/C=C2\CN(C)CCC2=O)ccc1OCc1cc(C)ccc1C. The molecule has 142 valence electrons. The quantitative estimate of drug-likeness (QED) is 0.745. The second-order valence-electron chi connectivity index (χ2n) is 7.21. The minimum Gasteiger partial charge on any atom is -0.493 e. The average molecular weight is 365 g/mol. The number of carbonyl (C=O) groups excluding carboxylic acids is 1. The second-order valence-corrected chi connectivity index (χ2v) is 7.21. The van der Waals surface area contributed by atoms with Crippen molar-refractivity contribution in [3.8, 4) is 11.5 Å². The van der Waals surface area contributed by atoms with Gasteiger partial charge in [-0.25, -0.2) is 0 Å². The summed E-state index contributed by atoms with van der Waals surface area (Å²) >= 11 is 0. The van der Waals surface area contributed by atoms with Gasteiger partial charge in [0.1, 0.15) is 6.61 Å². The Hall–Kier alpha value is -2.59. The minimum absolute atomic E-state index is 0.224. The van der Waals surface area contributed by atoms with Crippen molar-refractivity contribution in [2.24, 2.45) is 0 Å². The van der Waals surface area contributed by atoms with E-state index < -0.39 is 0 Å². The van der Waals surface area contributed by atoms with Gasteiger partial charge in [0.2, 0.25) is 0 Å². The molecule has 0 unspecified atom stereocenters. The van der Waals surface area contributed by atoms with Crippen LogP contribution < -0.4 is 9.47 Å². The number of hydrogen-bond donors (Lipinski definition) is 0. The van der Waals surface area contributed by atoms with Crippen molar-refractivity contribution in [2.75, 3.05) is 27.2 Å². The van der Waals surface area contributed by atoms with Crippen molar-refractivity contribution >= 4 is 11.9 Å². The normalized spacial score (nSPS) is 16.6. The number of carbonyl (C=O) groups is 1. The first-order valence-corrected chi connectivity index (χ1v) is 9.25. The van der Waals surface area contributed by atoms with E-state index in [-0.39, 0.29) is 5.78 Å². The predicted molar refractivity (Wildman–Crippen MR) is 108 cm³/mol. The molecule has 0 radical (unpaired) electrons. The molecule has 1 aliphatic rings. The maximum Gasteiger partial charge on any atom is 0.161 e. The van der Waals surface area contributed by atoms with E-state index in [1.807, 2.05) is 31.3 Å². The molecule has 1 heterocycles. The fourth-order valence-corrected chi connectivity index (χ4v) is 3.24. The van der Waals surface area contributed by atoms with E-state index in [1.165, 1.54) is 16.7 Å². The van der Waals surface area contributed by atoms with E-state index >= 15 is 0 Å². The van der Waals surface area contributed by atoms with E-state index in [0.29, 0.717) is 31.1 Å². The number of likely N-dealkylation sites (tertiary alicyclic amines) is 1. The third-order valence-electron chi connectivity index (χ3n) is 4.94. The lowest BCUT2D eigenvalue weighted by Crippen LogP contribution is -2.32. The van der Waals surface area contributed by atoms with Gasteiger partial charge >= 0.3 is 0 Å². The van der Waals surface area contributed by atoms with Gasteiger partial charge in [-0.1, -0.05) is 29.8 Å². The number of rotatable bonds is 5. The lowest BCUT2D eigenvalue weighted by Gasteiger charge is -2.23. The molecule has 0 bridgehead atoms. The van der Waals surface area contributed by atoms with Gasteiger partial charge in [-0.2, -0.15) is 0 Å². The van der Waals surface area contributed by atoms with Crippen LogP contribution in [0.3, 0.4) is 0 Å². The van der Waals surface area contributed by atoms with Crippen LogP contribution in [0.4, 0.5) is 0 Å². The number of hydrogen-bond acceptors (Lipinski definition) is 4.